The van der Waals surface area contributed by atoms with Crippen molar-refractivity contribution in [2.75, 3.05) is 6.54 Å². The van der Waals surface area contributed by atoms with Crippen molar-refractivity contribution in [1.29, 1.82) is 5.26 Å². The molecule has 9 heteroatoms. The molecule has 1 aliphatic heterocycles. The van der Waals surface area contributed by atoms with Gasteiger partial charge >= 0.3 is 0 Å². The van der Waals surface area contributed by atoms with Gasteiger partial charge in [0.1, 0.15) is 11.9 Å². The highest BCUT2D eigenvalue weighted by Gasteiger charge is 2.31. The maximum absolute atomic E-state index is 14.2. The minimum atomic E-state index is -1.33. The fraction of sp³-hybridized carbons (Fsp3) is 0.375. The number of amides is 2. The first-order valence-corrected chi connectivity index (χ1v) is 10.7. The molecular weight excluding hydrogens is 433 g/mol. The average Bonchev–Trinajstić information content (AvgIpc) is 3.27. The number of likely N-dealkylation sites (tertiary alicyclic amines) is 1. The topological polar surface area (TPSA) is 99.2 Å². The Kier molecular flexibility index (Phi) is 8.06. The van der Waals surface area contributed by atoms with E-state index in [1.807, 2.05) is 30.3 Å². The first kappa shape index (κ1) is 24.3. The van der Waals surface area contributed by atoms with Crippen LogP contribution >= 0.6 is 0 Å². The van der Waals surface area contributed by atoms with E-state index in [0.717, 1.165) is 5.56 Å². The Morgan fingerprint density at radius 1 is 1.12 bits per heavy atom. The highest BCUT2D eigenvalue weighted by Crippen LogP contribution is 2.20. The van der Waals surface area contributed by atoms with E-state index in [0.29, 0.717) is 31.5 Å². The lowest BCUT2D eigenvalue weighted by Crippen LogP contribution is -2.49. The van der Waals surface area contributed by atoms with E-state index < -0.39 is 41.5 Å². The second-order valence-electron chi connectivity index (χ2n) is 8.14. The Bertz CT molecular complexity index is 1040. The summed E-state index contributed by atoms with van der Waals surface area (Å²) in [4.78, 5) is 27.0. The molecule has 0 radical (unpaired) electrons. The number of nitrogens with two attached hydrogens (primary N) is 1. The van der Waals surface area contributed by atoms with Crippen LogP contribution in [-0.4, -0.2) is 41.4 Å². The number of nitrogens with one attached hydrogen (secondary N) is 1. The van der Waals surface area contributed by atoms with Crippen molar-refractivity contribution in [2.45, 2.75) is 50.2 Å². The van der Waals surface area contributed by atoms with Crippen molar-refractivity contribution in [3.05, 3.63) is 71.0 Å². The zero-order valence-corrected chi connectivity index (χ0v) is 17.9. The standard InChI is InChI=1S/C24H25F3N4O2/c25-19-13-21(27)20(26)11-16(19)10-17(12-23(32)31-8-4-7-18(31)14-28)30-24(33)22(29)9-15-5-2-1-3-6-15/h1-3,5-6,11,13,17-18,22H,4,7-10,12,29H2,(H,30,33)/t17-,18?,22?/m1/s1. The van der Waals surface area contributed by atoms with Gasteiger partial charge in [0, 0.05) is 25.1 Å². The van der Waals surface area contributed by atoms with E-state index in [2.05, 4.69) is 11.4 Å². The molecule has 33 heavy (non-hydrogen) atoms. The maximum Gasteiger partial charge on any atom is 0.237 e. The van der Waals surface area contributed by atoms with E-state index in [1.54, 1.807) is 0 Å². The van der Waals surface area contributed by atoms with Crippen LogP contribution in [0.1, 0.15) is 30.4 Å². The molecule has 2 amide bonds. The summed E-state index contributed by atoms with van der Waals surface area (Å²) >= 11 is 0. The van der Waals surface area contributed by atoms with E-state index in [4.69, 9.17) is 5.73 Å². The fourth-order valence-electron chi connectivity index (χ4n) is 3.96. The van der Waals surface area contributed by atoms with E-state index >= 15 is 0 Å². The summed E-state index contributed by atoms with van der Waals surface area (Å²) in [6.45, 7) is 0.408. The monoisotopic (exact) mass is 458 g/mol. The predicted octanol–water partition coefficient (Wildman–Crippen LogP) is 2.61. The van der Waals surface area contributed by atoms with Crippen molar-refractivity contribution >= 4 is 11.8 Å². The second kappa shape index (κ2) is 11.0. The minimum absolute atomic E-state index is 0.179. The van der Waals surface area contributed by atoms with E-state index in [1.165, 1.54) is 4.90 Å². The molecule has 1 saturated heterocycles. The van der Waals surface area contributed by atoms with Gasteiger partial charge in [-0.25, -0.2) is 13.2 Å². The first-order chi connectivity index (χ1) is 15.8. The summed E-state index contributed by atoms with van der Waals surface area (Å²) < 4.78 is 41.3. The van der Waals surface area contributed by atoms with E-state index in [-0.39, 0.29) is 30.7 Å². The molecule has 3 atom stereocenters. The van der Waals surface area contributed by atoms with Gasteiger partial charge in [-0.2, -0.15) is 5.26 Å². The first-order valence-electron chi connectivity index (χ1n) is 10.7. The summed E-state index contributed by atoms with van der Waals surface area (Å²) in [7, 11) is 0. The number of carbonyl (C=O) groups excluding carboxylic acids is 2. The Balaban J connectivity index is 1.75. The number of carbonyl (C=O) groups is 2. The molecule has 6 nitrogen and oxygen atoms in total. The van der Waals surface area contributed by atoms with Gasteiger partial charge in [-0.05, 0) is 42.9 Å². The number of nitriles is 1. The van der Waals surface area contributed by atoms with Crippen LogP contribution in [0.2, 0.25) is 0 Å². The van der Waals surface area contributed by atoms with Crippen molar-refractivity contribution < 1.29 is 22.8 Å². The molecule has 0 bridgehead atoms. The van der Waals surface area contributed by atoms with E-state index in [9.17, 15) is 28.0 Å². The van der Waals surface area contributed by atoms with Gasteiger partial charge in [0.25, 0.3) is 0 Å². The van der Waals surface area contributed by atoms with Gasteiger partial charge in [0.15, 0.2) is 11.6 Å². The Labute approximate surface area is 190 Å². The van der Waals surface area contributed by atoms with Crippen molar-refractivity contribution in [2.24, 2.45) is 5.73 Å². The van der Waals surface area contributed by atoms with Gasteiger partial charge in [-0.3, -0.25) is 9.59 Å². The predicted molar refractivity (Wildman–Crippen MR) is 115 cm³/mol. The van der Waals surface area contributed by atoms with Crippen LogP contribution < -0.4 is 11.1 Å². The van der Waals surface area contributed by atoms with Crippen LogP contribution in [0.4, 0.5) is 13.2 Å². The number of halogens is 3. The number of rotatable bonds is 8. The second-order valence-corrected chi connectivity index (χ2v) is 8.14. The van der Waals surface area contributed by atoms with Crippen LogP contribution in [0, 0.1) is 28.8 Å². The largest absolute Gasteiger partial charge is 0.351 e. The van der Waals surface area contributed by atoms with Crippen molar-refractivity contribution in [3.8, 4) is 6.07 Å². The van der Waals surface area contributed by atoms with Crippen LogP contribution in [-0.2, 0) is 22.4 Å². The molecule has 2 aromatic rings. The molecule has 1 heterocycles. The summed E-state index contributed by atoms with van der Waals surface area (Å²) in [5.74, 6) is -4.48. The number of nitrogens with zero attached hydrogens (tertiary/aromatic N) is 2. The third-order valence-corrected chi connectivity index (χ3v) is 5.68. The molecule has 0 aliphatic carbocycles. The fourth-order valence-corrected chi connectivity index (χ4v) is 3.96. The van der Waals surface area contributed by atoms with Crippen LogP contribution in [0.3, 0.4) is 0 Å². The van der Waals surface area contributed by atoms with Gasteiger partial charge in [-0.1, -0.05) is 30.3 Å². The lowest BCUT2D eigenvalue weighted by Gasteiger charge is -2.25. The average molecular weight is 458 g/mol. The highest BCUT2D eigenvalue weighted by molar-refractivity contribution is 5.83. The minimum Gasteiger partial charge on any atom is -0.351 e. The molecule has 3 N–H and O–H groups in total. The van der Waals surface area contributed by atoms with Crippen molar-refractivity contribution in [1.82, 2.24) is 10.2 Å². The smallest absolute Gasteiger partial charge is 0.237 e. The van der Waals surface area contributed by atoms with Gasteiger partial charge < -0.3 is 16.0 Å². The van der Waals surface area contributed by atoms with Crippen LogP contribution in [0.5, 0.6) is 0 Å². The summed E-state index contributed by atoms with van der Waals surface area (Å²) in [6.07, 6.45) is 0.999. The normalized spacial score (nSPS) is 17.3. The Hall–Kier alpha value is -3.38. The molecule has 2 unspecified atom stereocenters. The SMILES string of the molecule is N#CC1CCCN1C(=O)C[C@@H](Cc1cc(F)c(F)cc1F)NC(=O)C(N)Cc1ccccc1. The summed E-state index contributed by atoms with van der Waals surface area (Å²) in [5.41, 5.74) is 6.69. The highest BCUT2D eigenvalue weighted by atomic mass is 19.2. The maximum atomic E-state index is 14.2. The summed E-state index contributed by atoms with van der Waals surface area (Å²) in [5, 5.41) is 11.9. The molecular formula is C24H25F3N4O2. The molecule has 0 spiro atoms. The summed E-state index contributed by atoms with van der Waals surface area (Å²) in [6, 6.07) is 9.90. The lowest BCUT2D eigenvalue weighted by atomic mass is 10.00. The number of hydrogen-bond acceptors (Lipinski definition) is 4. The Morgan fingerprint density at radius 2 is 1.82 bits per heavy atom. The molecule has 0 saturated carbocycles. The van der Waals surface area contributed by atoms with Crippen LogP contribution in [0.15, 0.2) is 42.5 Å². The number of benzene rings is 2. The zero-order valence-electron chi connectivity index (χ0n) is 17.9. The third kappa shape index (κ3) is 6.33. The quantitative estimate of drug-likeness (QED) is 0.594. The zero-order chi connectivity index (χ0) is 24.0. The Morgan fingerprint density at radius 3 is 2.52 bits per heavy atom. The molecule has 174 valence electrons. The molecule has 3 rings (SSSR count). The molecule has 1 fully saturated rings. The van der Waals surface area contributed by atoms with Crippen LogP contribution in [0.25, 0.3) is 0 Å². The van der Waals surface area contributed by atoms with Gasteiger partial charge in [0.05, 0.1) is 12.1 Å². The molecule has 0 aromatic heterocycles. The van der Waals surface area contributed by atoms with Gasteiger partial charge in [-0.15, -0.1) is 0 Å². The number of hydrogen-bond donors (Lipinski definition) is 2. The lowest BCUT2D eigenvalue weighted by molar-refractivity contribution is -0.132. The molecule has 1 aliphatic rings. The third-order valence-electron chi connectivity index (χ3n) is 5.68. The van der Waals surface area contributed by atoms with Crippen molar-refractivity contribution in [3.63, 3.8) is 0 Å². The van der Waals surface area contributed by atoms with Gasteiger partial charge in [0.2, 0.25) is 11.8 Å². The molecule has 2 aromatic carbocycles.